The number of carbonyl (C=O) groups excluding carboxylic acids is 1. The van der Waals surface area contributed by atoms with Crippen LogP contribution in [0.4, 0.5) is 4.79 Å². The van der Waals surface area contributed by atoms with Crippen LogP contribution >= 0.6 is 11.6 Å². The highest BCUT2D eigenvalue weighted by Gasteiger charge is 2.50. The Bertz CT molecular complexity index is 665. The summed E-state index contributed by atoms with van der Waals surface area (Å²) in [6, 6.07) is 20.5. The van der Waals surface area contributed by atoms with E-state index in [0.717, 1.165) is 10.4 Å². The molecule has 0 fully saturated rings. The van der Waals surface area contributed by atoms with Gasteiger partial charge in [-0.3, -0.25) is 0 Å². The lowest BCUT2D eigenvalue weighted by atomic mass is 10.2. The zero-order chi connectivity index (χ0) is 19.2. The zero-order valence-corrected chi connectivity index (χ0v) is 17.2. The molecule has 140 valence electrons. The molecule has 0 aliphatic heterocycles. The van der Waals surface area contributed by atoms with Crippen LogP contribution in [0.3, 0.4) is 0 Å². The summed E-state index contributed by atoms with van der Waals surface area (Å²) in [5.41, 5.74) is 5.15. The van der Waals surface area contributed by atoms with Gasteiger partial charge in [0, 0.05) is 0 Å². The van der Waals surface area contributed by atoms with Gasteiger partial charge < -0.3 is 14.9 Å². The predicted molar refractivity (Wildman–Crippen MR) is 109 cm³/mol. The van der Waals surface area contributed by atoms with Crippen LogP contribution in [0.1, 0.15) is 20.8 Å². The van der Waals surface area contributed by atoms with Crippen molar-refractivity contribution in [2.45, 2.75) is 31.9 Å². The standard InChI is InChI=1S/C20H26ClNO3Si/c1-20(2,3)26(17-10-6-4-7-11-17,18-12-8-5-9-13-18)24-15-16(14-21)25-19(22)23/h4-13,16H,14-15H2,1-3H3,(H2,22,23)/t16-/m0/s1. The number of ether oxygens (including phenoxy) is 1. The first kappa shape index (κ1) is 20.5. The SMILES string of the molecule is CC(C)(C)[Si](OC[C@H](CCl)OC(N)=O)(c1ccccc1)c1ccccc1. The van der Waals surface area contributed by atoms with E-state index in [-0.39, 0.29) is 17.5 Å². The summed E-state index contributed by atoms with van der Waals surface area (Å²) in [4.78, 5) is 11.1. The normalized spacial score (nSPS) is 13.2. The molecule has 0 unspecified atom stereocenters. The molecule has 6 heteroatoms. The van der Waals surface area contributed by atoms with Crippen LogP contribution in [-0.2, 0) is 9.16 Å². The highest BCUT2D eigenvalue weighted by atomic mass is 35.5. The molecular formula is C20H26ClNO3Si. The minimum absolute atomic E-state index is 0.126. The van der Waals surface area contributed by atoms with Crippen LogP contribution < -0.4 is 16.1 Å². The lowest BCUT2D eigenvalue weighted by Crippen LogP contribution is -2.67. The third-order valence-corrected chi connectivity index (χ3v) is 9.71. The Morgan fingerprint density at radius 2 is 1.50 bits per heavy atom. The van der Waals surface area contributed by atoms with Crippen LogP contribution in [0.5, 0.6) is 0 Å². The monoisotopic (exact) mass is 391 g/mol. The van der Waals surface area contributed by atoms with Crippen LogP contribution in [-0.4, -0.2) is 33.0 Å². The maximum atomic E-state index is 11.1. The third-order valence-electron chi connectivity index (χ3n) is 4.36. The van der Waals surface area contributed by atoms with E-state index in [9.17, 15) is 4.79 Å². The van der Waals surface area contributed by atoms with E-state index >= 15 is 0 Å². The Kier molecular flexibility index (Phi) is 6.86. The molecule has 0 bridgehead atoms. The summed E-state index contributed by atoms with van der Waals surface area (Å²) >= 11 is 5.95. The topological polar surface area (TPSA) is 61.6 Å². The highest BCUT2D eigenvalue weighted by Crippen LogP contribution is 2.36. The number of nitrogens with two attached hydrogens (primary N) is 1. The van der Waals surface area contributed by atoms with Gasteiger partial charge in [-0.1, -0.05) is 81.4 Å². The average molecular weight is 392 g/mol. The number of hydrogen-bond acceptors (Lipinski definition) is 3. The van der Waals surface area contributed by atoms with Gasteiger partial charge in [-0.15, -0.1) is 11.6 Å². The van der Waals surface area contributed by atoms with Gasteiger partial charge in [-0.05, 0) is 15.4 Å². The van der Waals surface area contributed by atoms with Crippen molar-refractivity contribution in [1.82, 2.24) is 0 Å². The molecule has 1 amide bonds. The quantitative estimate of drug-likeness (QED) is 0.582. The summed E-state index contributed by atoms with van der Waals surface area (Å²) in [5.74, 6) is 0.126. The average Bonchev–Trinajstić information content (AvgIpc) is 2.61. The Balaban J connectivity index is 2.52. The van der Waals surface area contributed by atoms with Crippen molar-refractivity contribution >= 4 is 36.4 Å². The number of hydrogen-bond donors (Lipinski definition) is 1. The third kappa shape index (κ3) is 4.47. The van der Waals surface area contributed by atoms with E-state index in [2.05, 4.69) is 45.0 Å². The van der Waals surface area contributed by atoms with Crippen molar-refractivity contribution in [3.05, 3.63) is 60.7 Å². The molecule has 0 saturated heterocycles. The Morgan fingerprint density at radius 1 is 1.04 bits per heavy atom. The minimum atomic E-state index is -2.67. The van der Waals surface area contributed by atoms with Crippen LogP contribution in [0.25, 0.3) is 0 Å². The smallest absolute Gasteiger partial charge is 0.404 e. The molecule has 0 heterocycles. The molecule has 1 atom stereocenters. The molecule has 0 aromatic heterocycles. The Morgan fingerprint density at radius 3 is 1.85 bits per heavy atom. The predicted octanol–water partition coefficient (Wildman–Crippen LogP) is 3.27. The summed E-state index contributed by atoms with van der Waals surface area (Å²) in [6.07, 6.45) is -1.43. The summed E-state index contributed by atoms with van der Waals surface area (Å²) in [6.45, 7) is 6.75. The van der Waals surface area contributed by atoms with Crippen LogP contribution in [0.2, 0.25) is 5.04 Å². The summed E-state index contributed by atoms with van der Waals surface area (Å²) in [7, 11) is -2.67. The molecule has 0 spiro atoms. The van der Waals surface area contributed by atoms with Gasteiger partial charge in [0.15, 0.2) is 0 Å². The fourth-order valence-corrected chi connectivity index (χ4v) is 8.00. The fraction of sp³-hybridized carbons (Fsp3) is 0.350. The number of primary amides is 1. The molecule has 2 rings (SSSR count). The first-order chi connectivity index (χ1) is 12.3. The molecule has 2 aromatic rings. The summed E-state index contributed by atoms with van der Waals surface area (Å²) < 4.78 is 11.7. The van der Waals surface area contributed by atoms with Gasteiger partial charge in [-0.2, -0.15) is 0 Å². The van der Waals surface area contributed by atoms with Gasteiger partial charge in [0.25, 0.3) is 8.32 Å². The lowest BCUT2D eigenvalue weighted by Gasteiger charge is -2.43. The number of rotatable bonds is 7. The van der Waals surface area contributed by atoms with E-state index in [0.29, 0.717) is 0 Å². The lowest BCUT2D eigenvalue weighted by molar-refractivity contribution is 0.0811. The van der Waals surface area contributed by atoms with E-state index in [1.165, 1.54) is 0 Å². The molecular weight excluding hydrogens is 366 g/mol. The number of alkyl halides is 1. The Hall–Kier alpha value is -1.82. The number of amides is 1. The van der Waals surface area contributed by atoms with E-state index < -0.39 is 20.5 Å². The first-order valence-corrected chi connectivity index (χ1v) is 11.0. The van der Waals surface area contributed by atoms with Gasteiger partial charge >= 0.3 is 6.09 Å². The van der Waals surface area contributed by atoms with Crippen molar-refractivity contribution in [3.63, 3.8) is 0 Å². The largest absolute Gasteiger partial charge is 0.443 e. The molecule has 0 saturated carbocycles. The maximum Gasteiger partial charge on any atom is 0.404 e. The molecule has 0 radical (unpaired) electrons. The fourth-order valence-electron chi connectivity index (χ4n) is 3.25. The first-order valence-electron chi connectivity index (χ1n) is 8.58. The van der Waals surface area contributed by atoms with Crippen molar-refractivity contribution in [3.8, 4) is 0 Å². The van der Waals surface area contributed by atoms with E-state index in [1.807, 2.05) is 36.4 Å². The Labute approximate surface area is 161 Å². The molecule has 0 aliphatic carbocycles. The molecule has 26 heavy (non-hydrogen) atoms. The molecule has 2 aromatic carbocycles. The second-order valence-electron chi connectivity index (χ2n) is 7.19. The van der Waals surface area contributed by atoms with Crippen LogP contribution in [0.15, 0.2) is 60.7 Å². The number of halogens is 1. The van der Waals surface area contributed by atoms with E-state index in [4.69, 9.17) is 26.5 Å². The van der Waals surface area contributed by atoms with Crippen LogP contribution in [0, 0.1) is 0 Å². The van der Waals surface area contributed by atoms with Gasteiger partial charge in [0.1, 0.15) is 6.10 Å². The van der Waals surface area contributed by atoms with E-state index in [1.54, 1.807) is 0 Å². The van der Waals surface area contributed by atoms with Gasteiger partial charge in [-0.25, -0.2) is 4.79 Å². The molecule has 0 aliphatic rings. The number of carbonyl (C=O) groups is 1. The highest BCUT2D eigenvalue weighted by molar-refractivity contribution is 6.99. The number of benzene rings is 2. The second-order valence-corrected chi connectivity index (χ2v) is 11.8. The van der Waals surface area contributed by atoms with Crippen molar-refractivity contribution in [2.24, 2.45) is 5.73 Å². The molecule has 4 nitrogen and oxygen atoms in total. The van der Waals surface area contributed by atoms with Crippen molar-refractivity contribution in [1.29, 1.82) is 0 Å². The zero-order valence-electron chi connectivity index (χ0n) is 15.4. The van der Waals surface area contributed by atoms with Gasteiger partial charge in [0.05, 0.1) is 12.5 Å². The second kappa shape index (κ2) is 8.71. The minimum Gasteiger partial charge on any atom is -0.443 e. The maximum absolute atomic E-state index is 11.1. The summed E-state index contributed by atoms with van der Waals surface area (Å²) in [5, 5.41) is 2.16. The van der Waals surface area contributed by atoms with Crippen molar-refractivity contribution < 1.29 is 14.0 Å². The van der Waals surface area contributed by atoms with Gasteiger partial charge in [0.2, 0.25) is 0 Å². The van der Waals surface area contributed by atoms with Crippen molar-refractivity contribution in [2.75, 3.05) is 12.5 Å². The molecule has 2 N–H and O–H groups in total.